The third kappa shape index (κ3) is 6.66. The molecular formula is C31H32F2N6O4. The van der Waals surface area contributed by atoms with Gasteiger partial charge in [0.2, 0.25) is 5.95 Å². The number of methoxy groups -OCH3 is 1. The molecule has 1 amide bonds. The van der Waals surface area contributed by atoms with Gasteiger partial charge in [0.25, 0.3) is 5.91 Å². The van der Waals surface area contributed by atoms with E-state index in [1.807, 2.05) is 37.3 Å². The minimum atomic E-state index is -1.19. The van der Waals surface area contributed by atoms with Gasteiger partial charge in [-0.3, -0.25) is 19.4 Å². The zero-order valence-corrected chi connectivity index (χ0v) is 24.1. The number of ketones is 1. The average Bonchev–Trinajstić information content (AvgIpc) is 3.57. The number of halogens is 2. The fourth-order valence-electron chi connectivity index (χ4n) is 5.22. The molecule has 1 aliphatic heterocycles. The van der Waals surface area contributed by atoms with Crippen LogP contribution in [0.4, 0.5) is 8.78 Å². The standard InChI is InChI=1S/C31H32F2N6O4/c1-19-27(39(23-7-5-4-6-8-23)37-28(19)20-9-10-26(35-16-20)31(41)34-2)15-24(40)13-22-18-38(11-12-42-3)43-29(22)21-14-25(32)30(33)36-17-21/h4-10,14,16-17,22,29H,11-13,15,18H2,1-3H3,(H,34,41)/t22-,29+/m1/s1. The van der Waals surface area contributed by atoms with Gasteiger partial charge in [-0.15, -0.1) is 0 Å². The highest BCUT2D eigenvalue weighted by atomic mass is 19.2. The number of carbonyl (C=O) groups is 2. The topological polar surface area (TPSA) is 111 Å². The van der Waals surface area contributed by atoms with Crippen molar-refractivity contribution >= 4 is 11.7 Å². The van der Waals surface area contributed by atoms with E-state index in [1.165, 1.54) is 6.20 Å². The Morgan fingerprint density at radius 1 is 1.12 bits per heavy atom. The van der Waals surface area contributed by atoms with Crippen molar-refractivity contribution in [3.8, 4) is 16.9 Å². The summed E-state index contributed by atoms with van der Waals surface area (Å²) in [5, 5.41) is 9.08. The van der Waals surface area contributed by atoms with Crippen LogP contribution in [0, 0.1) is 24.6 Å². The Morgan fingerprint density at radius 3 is 2.58 bits per heavy atom. The van der Waals surface area contributed by atoms with Crippen LogP contribution in [-0.4, -0.2) is 70.4 Å². The fraction of sp³-hybridized carbons (Fsp3) is 0.323. The fourth-order valence-corrected chi connectivity index (χ4v) is 5.22. The van der Waals surface area contributed by atoms with Crippen molar-refractivity contribution in [2.75, 3.05) is 33.9 Å². The van der Waals surface area contributed by atoms with Gasteiger partial charge in [0.05, 0.1) is 23.7 Å². The molecule has 4 heterocycles. The van der Waals surface area contributed by atoms with Crippen LogP contribution in [0.5, 0.6) is 0 Å². The highest BCUT2D eigenvalue weighted by Gasteiger charge is 2.37. The van der Waals surface area contributed by atoms with Crippen molar-refractivity contribution in [2.45, 2.75) is 25.9 Å². The second-order valence-electron chi connectivity index (χ2n) is 10.3. The molecule has 2 atom stereocenters. The van der Waals surface area contributed by atoms with Crippen molar-refractivity contribution in [1.29, 1.82) is 0 Å². The quantitative estimate of drug-likeness (QED) is 0.261. The van der Waals surface area contributed by atoms with E-state index in [0.29, 0.717) is 42.2 Å². The van der Waals surface area contributed by atoms with Gasteiger partial charge in [-0.05, 0) is 42.8 Å². The van der Waals surface area contributed by atoms with E-state index >= 15 is 0 Å². The van der Waals surface area contributed by atoms with Gasteiger partial charge in [-0.1, -0.05) is 18.2 Å². The van der Waals surface area contributed by atoms with Crippen LogP contribution >= 0.6 is 0 Å². The normalized spacial score (nSPS) is 16.9. The molecule has 12 heteroatoms. The Kier molecular flexibility index (Phi) is 9.29. The SMILES string of the molecule is CNC(=O)c1ccc(-c2nn(-c3ccccc3)c(CC(=O)C[C@@H]3CN(CCOC)O[C@H]3c3cnc(F)c(F)c3)c2C)cn1. The molecule has 0 radical (unpaired) electrons. The summed E-state index contributed by atoms with van der Waals surface area (Å²) in [5.41, 5.74) is 4.29. The highest BCUT2D eigenvalue weighted by Crippen LogP contribution is 2.37. The summed E-state index contributed by atoms with van der Waals surface area (Å²) >= 11 is 0. The molecule has 0 unspecified atom stereocenters. The number of amides is 1. The van der Waals surface area contributed by atoms with Crippen LogP contribution in [0.15, 0.2) is 60.9 Å². The zero-order chi connectivity index (χ0) is 30.5. The maximum atomic E-state index is 14.1. The molecule has 0 spiro atoms. The predicted octanol–water partition coefficient (Wildman–Crippen LogP) is 4.03. The van der Waals surface area contributed by atoms with Crippen LogP contribution in [0.1, 0.15) is 39.8 Å². The molecule has 4 aromatic rings. The Bertz CT molecular complexity index is 1600. The number of Topliss-reactive ketones (excluding diaryl/α,β-unsaturated/α-hetero) is 1. The van der Waals surface area contributed by atoms with Gasteiger partial charge in [0.1, 0.15) is 17.6 Å². The van der Waals surface area contributed by atoms with Crippen LogP contribution < -0.4 is 5.32 Å². The molecule has 43 heavy (non-hydrogen) atoms. The van der Waals surface area contributed by atoms with Gasteiger partial charge >= 0.3 is 0 Å². The van der Waals surface area contributed by atoms with Gasteiger partial charge in [-0.2, -0.15) is 14.6 Å². The van der Waals surface area contributed by atoms with Gasteiger partial charge in [0.15, 0.2) is 5.82 Å². The number of nitrogens with one attached hydrogen (secondary N) is 1. The third-order valence-electron chi connectivity index (χ3n) is 7.42. The summed E-state index contributed by atoms with van der Waals surface area (Å²) in [6.45, 7) is 3.16. The third-order valence-corrected chi connectivity index (χ3v) is 7.42. The van der Waals surface area contributed by atoms with Crippen molar-refractivity contribution in [1.82, 2.24) is 30.1 Å². The van der Waals surface area contributed by atoms with E-state index in [-0.39, 0.29) is 36.1 Å². The molecule has 1 aromatic carbocycles. The monoisotopic (exact) mass is 590 g/mol. The lowest BCUT2D eigenvalue weighted by atomic mass is 9.91. The summed E-state index contributed by atoms with van der Waals surface area (Å²) in [5.74, 6) is -2.95. The molecule has 1 aliphatic rings. The molecule has 3 aromatic heterocycles. The lowest BCUT2D eigenvalue weighted by molar-refractivity contribution is -0.155. The van der Waals surface area contributed by atoms with E-state index in [2.05, 4.69) is 15.3 Å². The number of nitrogens with zero attached hydrogens (tertiary/aromatic N) is 5. The Morgan fingerprint density at radius 2 is 1.91 bits per heavy atom. The Balaban J connectivity index is 1.43. The number of benzene rings is 1. The average molecular weight is 591 g/mol. The first-order valence-electron chi connectivity index (χ1n) is 13.8. The van der Waals surface area contributed by atoms with Gasteiger partial charge in [0, 0.05) is 69.5 Å². The Hall–Kier alpha value is -4.39. The van der Waals surface area contributed by atoms with Gasteiger partial charge < -0.3 is 10.1 Å². The molecule has 0 bridgehead atoms. The largest absolute Gasteiger partial charge is 0.383 e. The summed E-state index contributed by atoms with van der Waals surface area (Å²) < 4.78 is 34.5. The summed E-state index contributed by atoms with van der Waals surface area (Å²) in [6.07, 6.45) is 2.36. The number of aromatic nitrogens is 4. The molecule has 10 nitrogen and oxygen atoms in total. The number of hydrogen-bond acceptors (Lipinski definition) is 8. The molecule has 1 fully saturated rings. The molecular weight excluding hydrogens is 558 g/mol. The first-order chi connectivity index (χ1) is 20.8. The summed E-state index contributed by atoms with van der Waals surface area (Å²) in [4.78, 5) is 39.5. The van der Waals surface area contributed by atoms with Crippen LogP contribution in [-0.2, 0) is 20.8 Å². The number of para-hydroxylation sites is 1. The zero-order valence-electron chi connectivity index (χ0n) is 24.1. The number of pyridine rings is 2. The van der Waals surface area contributed by atoms with Crippen LogP contribution in [0.2, 0.25) is 0 Å². The highest BCUT2D eigenvalue weighted by molar-refractivity contribution is 5.92. The summed E-state index contributed by atoms with van der Waals surface area (Å²) in [7, 11) is 3.12. The maximum Gasteiger partial charge on any atom is 0.269 e. The van der Waals surface area contributed by atoms with Crippen molar-refractivity contribution in [3.05, 3.63) is 95.2 Å². The maximum absolute atomic E-state index is 14.1. The number of ether oxygens (including phenoxy) is 1. The number of rotatable bonds is 11. The minimum absolute atomic E-state index is 0.0671. The van der Waals surface area contributed by atoms with E-state index < -0.39 is 17.9 Å². The second kappa shape index (κ2) is 13.3. The van der Waals surface area contributed by atoms with Crippen LogP contribution in [0.25, 0.3) is 16.9 Å². The molecule has 0 saturated carbocycles. The molecule has 0 aliphatic carbocycles. The van der Waals surface area contributed by atoms with E-state index in [9.17, 15) is 18.4 Å². The number of carbonyl (C=O) groups excluding carboxylic acids is 2. The predicted molar refractivity (Wildman–Crippen MR) is 153 cm³/mol. The van der Waals surface area contributed by atoms with Crippen molar-refractivity contribution in [2.24, 2.45) is 5.92 Å². The molecule has 5 rings (SSSR count). The molecule has 224 valence electrons. The number of hydrogen-bond donors (Lipinski definition) is 1. The van der Waals surface area contributed by atoms with Gasteiger partial charge in [-0.25, -0.2) is 14.1 Å². The first-order valence-corrected chi connectivity index (χ1v) is 13.8. The van der Waals surface area contributed by atoms with Crippen molar-refractivity contribution in [3.63, 3.8) is 0 Å². The van der Waals surface area contributed by atoms with E-state index in [1.54, 1.807) is 42.2 Å². The number of hydroxylamine groups is 2. The smallest absolute Gasteiger partial charge is 0.269 e. The lowest BCUT2D eigenvalue weighted by Crippen LogP contribution is -2.24. The lowest BCUT2D eigenvalue weighted by Gasteiger charge is -2.17. The van der Waals surface area contributed by atoms with E-state index in [0.717, 1.165) is 17.3 Å². The minimum Gasteiger partial charge on any atom is -0.383 e. The van der Waals surface area contributed by atoms with Crippen molar-refractivity contribution < 1.29 is 27.9 Å². The van der Waals surface area contributed by atoms with Crippen LogP contribution in [0.3, 0.4) is 0 Å². The molecule has 1 N–H and O–H groups in total. The summed E-state index contributed by atoms with van der Waals surface area (Å²) in [6, 6.07) is 14.0. The second-order valence-corrected chi connectivity index (χ2v) is 10.3. The Labute approximate surface area is 247 Å². The van der Waals surface area contributed by atoms with E-state index in [4.69, 9.17) is 14.7 Å². The first kappa shape index (κ1) is 30.1. The molecule has 1 saturated heterocycles.